The van der Waals surface area contributed by atoms with Crippen molar-refractivity contribution in [1.29, 1.82) is 0 Å². The zero-order chi connectivity index (χ0) is 19.5. The molecule has 140 valence electrons. The van der Waals surface area contributed by atoms with Crippen LogP contribution in [0.25, 0.3) is 0 Å². The first kappa shape index (κ1) is 19.4. The van der Waals surface area contributed by atoms with Gasteiger partial charge in [-0.25, -0.2) is 0 Å². The predicted octanol–water partition coefficient (Wildman–Crippen LogP) is 1.86. The van der Waals surface area contributed by atoms with Gasteiger partial charge in [-0.3, -0.25) is 4.79 Å². The van der Waals surface area contributed by atoms with E-state index in [-0.39, 0.29) is 34.1 Å². The molecule has 0 heterocycles. The van der Waals surface area contributed by atoms with Crippen molar-refractivity contribution < 1.29 is 31.6 Å². The molecule has 0 aliphatic rings. The lowest BCUT2D eigenvalue weighted by Crippen LogP contribution is -2.10. The van der Waals surface area contributed by atoms with E-state index >= 15 is 0 Å². The standard InChI is InChI=1S/C17H19NO7S/c1-22-12-7-5-10(9-14(12)25-26(4,20)21)16(19)11-6-8-13(23-2)17(24-3)15(11)18/h5-9H,18H2,1-4H3. The summed E-state index contributed by atoms with van der Waals surface area (Å²) < 4.78 is 43.1. The predicted molar refractivity (Wildman–Crippen MR) is 95.9 cm³/mol. The highest BCUT2D eigenvalue weighted by molar-refractivity contribution is 7.86. The van der Waals surface area contributed by atoms with Gasteiger partial charge < -0.3 is 24.1 Å². The molecule has 0 aliphatic carbocycles. The van der Waals surface area contributed by atoms with E-state index in [4.69, 9.17) is 24.1 Å². The normalized spacial score (nSPS) is 10.9. The minimum Gasteiger partial charge on any atom is -0.493 e. The quantitative estimate of drug-likeness (QED) is 0.439. The van der Waals surface area contributed by atoms with Crippen LogP contribution in [-0.4, -0.2) is 41.8 Å². The molecule has 0 fully saturated rings. The maximum absolute atomic E-state index is 12.8. The van der Waals surface area contributed by atoms with Crippen LogP contribution in [0.4, 0.5) is 5.69 Å². The van der Waals surface area contributed by atoms with Crippen LogP contribution in [0.15, 0.2) is 30.3 Å². The summed E-state index contributed by atoms with van der Waals surface area (Å²) in [5.74, 6) is 0.258. The number of ketones is 1. The number of rotatable bonds is 7. The van der Waals surface area contributed by atoms with E-state index in [9.17, 15) is 13.2 Å². The van der Waals surface area contributed by atoms with Crippen LogP contribution >= 0.6 is 0 Å². The summed E-state index contributed by atoms with van der Waals surface area (Å²) in [4.78, 5) is 12.8. The van der Waals surface area contributed by atoms with Crippen molar-refractivity contribution in [2.24, 2.45) is 0 Å². The number of carbonyl (C=O) groups is 1. The molecule has 0 amide bonds. The van der Waals surface area contributed by atoms with E-state index < -0.39 is 15.9 Å². The van der Waals surface area contributed by atoms with Crippen molar-refractivity contribution in [3.63, 3.8) is 0 Å². The second kappa shape index (κ2) is 7.52. The molecule has 0 saturated heterocycles. The number of anilines is 1. The largest absolute Gasteiger partial charge is 0.493 e. The van der Waals surface area contributed by atoms with Gasteiger partial charge in [-0.1, -0.05) is 0 Å². The van der Waals surface area contributed by atoms with Crippen molar-refractivity contribution in [2.45, 2.75) is 0 Å². The third kappa shape index (κ3) is 3.99. The molecule has 0 unspecified atom stereocenters. The van der Waals surface area contributed by atoms with E-state index in [1.165, 1.54) is 45.6 Å². The van der Waals surface area contributed by atoms with Gasteiger partial charge in [0.15, 0.2) is 28.8 Å². The van der Waals surface area contributed by atoms with Gasteiger partial charge in [0.1, 0.15) is 0 Å². The molecule has 8 nitrogen and oxygen atoms in total. The molecule has 0 saturated carbocycles. The molecule has 0 aromatic heterocycles. The van der Waals surface area contributed by atoms with Crippen molar-refractivity contribution >= 4 is 21.6 Å². The lowest BCUT2D eigenvalue weighted by Gasteiger charge is -2.14. The highest BCUT2D eigenvalue weighted by Gasteiger charge is 2.21. The number of hydrogen-bond acceptors (Lipinski definition) is 8. The maximum atomic E-state index is 12.8. The Morgan fingerprint density at radius 3 is 2.08 bits per heavy atom. The van der Waals surface area contributed by atoms with Gasteiger partial charge in [0, 0.05) is 11.1 Å². The zero-order valence-corrected chi connectivity index (χ0v) is 15.5. The molecule has 2 aromatic carbocycles. The number of ether oxygens (including phenoxy) is 3. The Morgan fingerprint density at radius 1 is 0.923 bits per heavy atom. The van der Waals surface area contributed by atoms with E-state index in [1.54, 1.807) is 6.07 Å². The number of benzene rings is 2. The van der Waals surface area contributed by atoms with E-state index in [0.717, 1.165) is 6.26 Å². The van der Waals surface area contributed by atoms with Gasteiger partial charge in [0.25, 0.3) is 0 Å². The third-order valence-corrected chi connectivity index (χ3v) is 3.98. The highest BCUT2D eigenvalue weighted by Crippen LogP contribution is 2.37. The molecule has 2 aromatic rings. The lowest BCUT2D eigenvalue weighted by molar-refractivity contribution is 0.103. The number of hydrogen-bond donors (Lipinski definition) is 1. The molecular formula is C17H19NO7S. The average molecular weight is 381 g/mol. The lowest BCUT2D eigenvalue weighted by atomic mass is 10.0. The maximum Gasteiger partial charge on any atom is 0.306 e. The Morgan fingerprint density at radius 2 is 1.54 bits per heavy atom. The topological polar surface area (TPSA) is 114 Å². The van der Waals surface area contributed by atoms with Gasteiger partial charge in [-0.15, -0.1) is 0 Å². The summed E-state index contributed by atoms with van der Waals surface area (Å²) in [6, 6.07) is 7.25. The Kier molecular flexibility index (Phi) is 5.61. The summed E-state index contributed by atoms with van der Waals surface area (Å²) in [5, 5.41) is 0. The molecule has 2 rings (SSSR count). The van der Waals surface area contributed by atoms with Gasteiger partial charge in [-0.2, -0.15) is 8.42 Å². The van der Waals surface area contributed by atoms with Crippen LogP contribution in [0.1, 0.15) is 15.9 Å². The molecular weight excluding hydrogens is 362 g/mol. The van der Waals surface area contributed by atoms with Crippen LogP contribution < -0.4 is 24.1 Å². The third-order valence-electron chi connectivity index (χ3n) is 3.50. The first-order valence-electron chi connectivity index (χ1n) is 7.34. The fourth-order valence-electron chi connectivity index (χ4n) is 2.35. The van der Waals surface area contributed by atoms with Gasteiger partial charge in [-0.05, 0) is 30.3 Å². The van der Waals surface area contributed by atoms with Crippen molar-refractivity contribution in [2.75, 3.05) is 33.3 Å². The molecule has 0 bridgehead atoms. The van der Waals surface area contributed by atoms with Crippen LogP contribution in [0.3, 0.4) is 0 Å². The first-order valence-corrected chi connectivity index (χ1v) is 9.16. The van der Waals surface area contributed by atoms with E-state index in [0.29, 0.717) is 5.75 Å². The zero-order valence-electron chi connectivity index (χ0n) is 14.7. The SMILES string of the molecule is COc1ccc(C(=O)c2ccc(OC)c(OC)c2N)cc1OS(C)(=O)=O. The Balaban J connectivity index is 2.52. The van der Waals surface area contributed by atoms with Crippen LogP contribution in [0.5, 0.6) is 23.0 Å². The smallest absolute Gasteiger partial charge is 0.306 e. The fourth-order valence-corrected chi connectivity index (χ4v) is 2.81. The minimum atomic E-state index is -3.80. The Bertz CT molecular complexity index is 938. The van der Waals surface area contributed by atoms with E-state index in [1.807, 2.05) is 0 Å². The van der Waals surface area contributed by atoms with E-state index in [2.05, 4.69) is 0 Å². The summed E-state index contributed by atoms with van der Waals surface area (Å²) in [7, 11) is 0.428. The van der Waals surface area contributed by atoms with Crippen molar-refractivity contribution in [3.05, 3.63) is 41.5 Å². The molecule has 0 radical (unpaired) electrons. The Hall–Kier alpha value is -2.94. The van der Waals surface area contributed by atoms with Crippen LogP contribution in [0, 0.1) is 0 Å². The van der Waals surface area contributed by atoms with Gasteiger partial charge in [0.2, 0.25) is 0 Å². The summed E-state index contributed by atoms with van der Waals surface area (Å²) in [6.07, 6.45) is 0.896. The van der Waals surface area contributed by atoms with Gasteiger partial charge >= 0.3 is 10.1 Å². The summed E-state index contributed by atoms with van der Waals surface area (Å²) in [6.45, 7) is 0. The number of nitrogens with two attached hydrogens (primary N) is 1. The molecule has 0 atom stereocenters. The number of methoxy groups -OCH3 is 3. The summed E-state index contributed by atoms with van der Waals surface area (Å²) >= 11 is 0. The number of carbonyl (C=O) groups excluding carboxylic acids is 1. The Labute approximate surface area is 151 Å². The first-order chi connectivity index (χ1) is 12.2. The highest BCUT2D eigenvalue weighted by atomic mass is 32.2. The fraction of sp³-hybridized carbons (Fsp3) is 0.235. The molecule has 9 heteroatoms. The monoisotopic (exact) mass is 381 g/mol. The molecule has 2 N–H and O–H groups in total. The summed E-state index contributed by atoms with van der Waals surface area (Å²) in [5.41, 5.74) is 6.48. The second-order valence-corrected chi connectivity index (χ2v) is 6.82. The molecule has 26 heavy (non-hydrogen) atoms. The van der Waals surface area contributed by atoms with Crippen molar-refractivity contribution in [1.82, 2.24) is 0 Å². The number of nitrogen functional groups attached to an aromatic ring is 1. The van der Waals surface area contributed by atoms with Crippen molar-refractivity contribution in [3.8, 4) is 23.0 Å². The second-order valence-electron chi connectivity index (χ2n) is 5.24. The van der Waals surface area contributed by atoms with Crippen LogP contribution in [0.2, 0.25) is 0 Å². The molecule has 0 spiro atoms. The average Bonchev–Trinajstić information content (AvgIpc) is 2.59. The minimum absolute atomic E-state index is 0.0973. The molecule has 0 aliphatic heterocycles. The van der Waals surface area contributed by atoms with Gasteiger partial charge in [0.05, 0.1) is 33.3 Å². The van der Waals surface area contributed by atoms with Crippen LogP contribution in [-0.2, 0) is 10.1 Å².